The first-order valence-corrected chi connectivity index (χ1v) is 8.20. The second-order valence-electron chi connectivity index (χ2n) is 5.45. The van der Waals surface area contributed by atoms with Crippen molar-refractivity contribution in [1.29, 1.82) is 0 Å². The zero-order valence-corrected chi connectivity index (χ0v) is 16.2. The molecule has 0 spiro atoms. The van der Waals surface area contributed by atoms with Crippen LogP contribution in [0.25, 0.3) is 0 Å². The number of hydrogen-bond acceptors (Lipinski definition) is 2. The van der Waals surface area contributed by atoms with Crippen LogP contribution in [0.3, 0.4) is 0 Å². The summed E-state index contributed by atoms with van der Waals surface area (Å²) in [5.74, 6) is 1.01. The van der Waals surface area contributed by atoms with Crippen molar-refractivity contribution in [2.24, 2.45) is 4.99 Å². The highest BCUT2D eigenvalue weighted by Crippen LogP contribution is 2.08. The first kappa shape index (κ1) is 19.8. The molecule has 1 fully saturated rings. The van der Waals surface area contributed by atoms with Crippen LogP contribution in [0.1, 0.15) is 26.2 Å². The molecule has 0 aliphatic carbocycles. The summed E-state index contributed by atoms with van der Waals surface area (Å²) in [7, 11) is 0. The third kappa shape index (κ3) is 7.24. The summed E-state index contributed by atoms with van der Waals surface area (Å²) in [5.41, 5.74) is 0. The summed E-state index contributed by atoms with van der Waals surface area (Å²) in [4.78, 5) is 18.4. The lowest BCUT2D eigenvalue weighted by molar-refractivity contribution is -0.129. The van der Waals surface area contributed by atoms with E-state index in [0.29, 0.717) is 13.0 Å². The van der Waals surface area contributed by atoms with Gasteiger partial charge < -0.3 is 20.1 Å². The highest BCUT2D eigenvalue weighted by Gasteiger charge is 2.16. The topological polar surface area (TPSA) is 61.7 Å². The molecule has 130 valence electrons. The molecule has 1 aliphatic rings. The van der Waals surface area contributed by atoms with Crippen molar-refractivity contribution in [2.45, 2.75) is 32.7 Å². The van der Waals surface area contributed by atoms with Gasteiger partial charge in [0, 0.05) is 51.5 Å². The van der Waals surface area contributed by atoms with Gasteiger partial charge in [-0.1, -0.05) is 0 Å². The molecule has 1 aromatic rings. The molecule has 2 rings (SSSR count). The summed E-state index contributed by atoms with van der Waals surface area (Å²) < 4.78 is 2.12. The fourth-order valence-electron chi connectivity index (χ4n) is 2.55. The molecule has 0 atom stereocenters. The van der Waals surface area contributed by atoms with E-state index in [0.717, 1.165) is 51.5 Å². The Balaban J connectivity index is 0.00000264. The number of aliphatic imine (C=N–C) groups is 1. The van der Waals surface area contributed by atoms with Crippen LogP contribution in [0.2, 0.25) is 0 Å². The predicted molar refractivity (Wildman–Crippen MR) is 104 cm³/mol. The van der Waals surface area contributed by atoms with Gasteiger partial charge in [0.1, 0.15) is 0 Å². The molecular weight excluding hydrogens is 405 g/mol. The smallest absolute Gasteiger partial charge is 0.224 e. The second-order valence-corrected chi connectivity index (χ2v) is 5.45. The van der Waals surface area contributed by atoms with Gasteiger partial charge in [-0.15, -0.1) is 24.0 Å². The van der Waals surface area contributed by atoms with Crippen molar-refractivity contribution in [3.8, 4) is 0 Å². The summed E-state index contributed by atoms with van der Waals surface area (Å²) in [5, 5.41) is 6.51. The Morgan fingerprint density at radius 2 is 1.87 bits per heavy atom. The van der Waals surface area contributed by atoms with Crippen LogP contribution in [-0.2, 0) is 11.3 Å². The number of rotatable bonds is 7. The van der Waals surface area contributed by atoms with Crippen LogP contribution in [-0.4, -0.2) is 54.1 Å². The Morgan fingerprint density at radius 1 is 1.17 bits per heavy atom. The van der Waals surface area contributed by atoms with Crippen LogP contribution in [0.4, 0.5) is 0 Å². The molecular formula is C16H28IN5O. The molecule has 0 aromatic carbocycles. The average molecular weight is 433 g/mol. The number of carbonyl (C=O) groups excluding carboxylic acids is 1. The fraction of sp³-hybridized carbons (Fsp3) is 0.625. The van der Waals surface area contributed by atoms with E-state index >= 15 is 0 Å². The van der Waals surface area contributed by atoms with Crippen LogP contribution in [0, 0.1) is 0 Å². The first-order valence-electron chi connectivity index (χ1n) is 8.20. The Kier molecular flexibility index (Phi) is 9.74. The minimum atomic E-state index is 0. The lowest BCUT2D eigenvalue weighted by atomic mass is 10.4. The number of likely N-dealkylation sites (tertiary alicyclic amines) is 1. The van der Waals surface area contributed by atoms with Gasteiger partial charge >= 0.3 is 0 Å². The normalized spacial score (nSPS) is 14.5. The van der Waals surface area contributed by atoms with E-state index < -0.39 is 0 Å². The van der Waals surface area contributed by atoms with Gasteiger partial charge in [-0.3, -0.25) is 9.79 Å². The maximum absolute atomic E-state index is 12.0. The van der Waals surface area contributed by atoms with Crippen molar-refractivity contribution in [3.63, 3.8) is 0 Å². The minimum absolute atomic E-state index is 0. The van der Waals surface area contributed by atoms with Gasteiger partial charge in [-0.25, -0.2) is 0 Å². The molecule has 7 heteroatoms. The van der Waals surface area contributed by atoms with Gasteiger partial charge in [-0.05, 0) is 31.9 Å². The fourth-order valence-corrected chi connectivity index (χ4v) is 2.55. The van der Waals surface area contributed by atoms with Crippen LogP contribution >= 0.6 is 24.0 Å². The van der Waals surface area contributed by atoms with Crippen LogP contribution in [0.15, 0.2) is 29.5 Å². The molecule has 0 saturated carbocycles. The third-order valence-electron chi connectivity index (χ3n) is 3.73. The van der Waals surface area contributed by atoms with Crippen LogP contribution < -0.4 is 10.6 Å². The van der Waals surface area contributed by atoms with Crippen molar-refractivity contribution in [1.82, 2.24) is 20.1 Å². The molecule has 2 N–H and O–H groups in total. The molecule has 0 unspecified atom stereocenters. The van der Waals surface area contributed by atoms with Gasteiger partial charge in [0.25, 0.3) is 0 Å². The molecule has 1 amide bonds. The number of amides is 1. The van der Waals surface area contributed by atoms with Gasteiger partial charge in [-0.2, -0.15) is 0 Å². The molecule has 23 heavy (non-hydrogen) atoms. The first-order chi connectivity index (χ1) is 10.8. The molecule has 1 aliphatic heterocycles. The highest BCUT2D eigenvalue weighted by molar-refractivity contribution is 14.0. The van der Waals surface area contributed by atoms with E-state index in [4.69, 9.17) is 0 Å². The third-order valence-corrected chi connectivity index (χ3v) is 3.73. The number of aromatic nitrogens is 1. The standard InChI is InChI=1S/C16H27N5O.HI/c1-2-17-16(19-9-14-20-10-3-4-11-20)18-8-7-15(22)21-12-5-6-13-21;/h3-4,10-11H,2,5-9,12-14H2,1H3,(H2,17,18,19);1H. The quantitative estimate of drug-likeness (QED) is 0.391. The van der Waals surface area contributed by atoms with E-state index in [1.807, 2.05) is 36.4 Å². The molecule has 2 heterocycles. The van der Waals surface area contributed by atoms with Crippen LogP contribution in [0.5, 0.6) is 0 Å². The SMILES string of the molecule is CCNC(=NCCC(=O)N1CCCC1)NCCn1cccc1.I. The maximum Gasteiger partial charge on any atom is 0.224 e. The number of carbonyl (C=O) groups is 1. The predicted octanol–water partition coefficient (Wildman–Crippen LogP) is 1.67. The van der Waals surface area contributed by atoms with Crippen molar-refractivity contribution in [3.05, 3.63) is 24.5 Å². The monoisotopic (exact) mass is 433 g/mol. The summed E-state index contributed by atoms with van der Waals surface area (Å²) in [6.07, 6.45) is 6.85. The number of nitrogens with one attached hydrogen (secondary N) is 2. The molecule has 0 bridgehead atoms. The van der Waals surface area contributed by atoms with Gasteiger partial charge in [0.05, 0.1) is 6.54 Å². The largest absolute Gasteiger partial charge is 0.357 e. The Bertz CT molecular complexity index is 469. The lowest BCUT2D eigenvalue weighted by Gasteiger charge is -2.15. The van der Waals surface area contributed by atoms with Crippen molar-refractivity contribution < 1.29 is 4.79 Å². The Hall–Kier alpha value is -1.25. The summed E-state index contributed by atoms with van der Waals surface area (Å²) >= 11 is 0. The number of guanidine groups is 1. The zero-order chi connectivity index (χ0) is 15.6. The van der Waals surface area contributed by atoms with Crippen molar-refractivity contribution in [2.75, 3.05) is 32.7 Å². The number of halogens is 1. The maximum atomic E-state index is 12.0. The zero-order valence-electron chi connectivity index (χ0n) is 13.8. The molecule has 0 radical (unpaired) electrons. The summed E-state index contributed by atoms with van der Waals surface area (Å²) in [6.45, 7) is 6.92. The molecule has 6 nitrogen and oxygen atoms in total. The van der Waals surface area contributed by atoms with Gasteiger partial charge in [0.15, 0.2) is 5.96 Å². The van der Waals surface area contributed by atoms with E-state index in [2.05, 4.69) is 20.2 Å². The van der Waals surface area contributed by atoms with E-state index in [1.165, 1.54) is 0 Å². The van der Waals surface area contributed by atoms with E-state index in [1.54, 1.807) is 0 Å². The molecule has 1 aromatic heterocycles. The lowest BCUT2D eigenvalue weighted by Crippen LogP contribution is -2.39. The second kappa shape index (κ2) is 11.3. The van der Waals surface area contributed by atoms with Gasteiger partial charge in [0.2, 0.25) is 5.91 Å². The molecule has 1 saturated heterocycles. The number of hydrogen-bond donors (Lipinski definition) is 2. The van der Waals surface area contributed by atoms with E-state index in [-0.39, 0.29) is 29.9 Å². The highest BCUT2D eigenvalue weighted by atomic mass is 127. The number of nitrogens with zero attached hydrogens (tertiary/aromatic N) is 3. The minimum Gasteiger partial charge on any atom is -0.357 e. The average Bonchev–Trinajstić information content (AvgIpc) is 3.20. The van der Waals surface area contributed by atoms with Crippen molar-refractivity contribution >= 4 is 35.8 Å². The Labute approximate surface area is 155 Å². The van der Waals surface area contributed by atoms with E-state index in [9.17, 15) is 4.79 Å². The summed E-state index contributed by atoms with van der Waals surface area (Å²) in [6, 6.07) is 4.03. The Morgan fingerprint density at radius 3 is 2.52 bits per heavy atom.